The lowest BCUT2D eigenvalue weighted by atomic mass is 10.2. The van der Waals surface area contributed by atoms with Crippen LogP contribution < -0.4 is 5.73 Å². The van der Waals surface area contributed by atoms with E-state index < -0.39 is 0 Å². The molecule has 0 saturated heterocycles. The van der Waals surface area contributed by atoms with Crippen LogP contribution in [0.2, 0.25) is 0 Å². The molecule has 0 rings (SSSR count). The Morgan fingerprint density at radius 3 is 2.50 bits per heavy atom. The van der Waals surface area contributed by atoms with E-state index in [0.717, 1.165) is 24.3 Å². The summed E-state index contributed by atoms with van der Waals surface area (Å²) in [6.45, 7) is 5.99. The van der Waals surface area contributed by atoms with Crippen molar-refractivity contribution < 1.29 is 0 Å². The monoisotopic (exact) mass is 140 g/mol. The predicted molar refractivity (Wildman–Crippen MR) is 46.0 cm³/mol. The molecule has 0 aliphatic carbocycles. The zero-order valence-corrected chi connectivity index (χ0v) is 7.02. The van der Waals surface area contributed by atoms with Crippen LogP contribution in [0.15, 0.2) is 16.9 Å². The van der Waals surface area contributed by atoms with Gasteiger partial charge in [0.15, 0.2) is 0 Å². The van der Waals surface area contributed by atoms with Gasteiger partial charge < -0.3 is 5.73 Å². The minimum Gasteiger partial charge on any atom is -0.401 e. The molecule has 0 spiro atoms. The Bertz CT molecular complexity index is 141. The van der Waals surface area contributed by atoms with Gasteiger partial charge in [0.1, 0.15) is 0 Å². The third-order valence-electron chi connectivity index (χ3n) is 1.10. The highest BCUT2D eigenvalue weighted by Crippen LogP contribution is 1.92. The summed E-state index contributed by atoms with van der Waals surface area (Å²) in [6.07, 6.45) is 3.90. The van der Waals surface area contributed by atoms with Crippen LogP contribution in [0.25, 0.3) is 0 Å². The highest BCUT2D eigenvalue weighted by atomic mass is 14.7. The van der Waals surface area contributed by atoms with Crippen LogP contribution >= 0.6 is 0 Å². The first kappa shape index (κ1) is 9.21. The van der Waals surface area contributed by atoms with E-state index in [1.807, 2.05) is 13.8 Å². The molecule has 0 atom stereocenters. The summed E-state index contributed by atoms with van der Waals surface area (Å²) >= 11 is 0. The number of rotatable bonds is 3. The number of aliphatic imine (C=N–C) groups is 1. The van der Waals surface area contributed by atoms with Gasteiger partial charge in [-0.25, -0.2) is 0 Å². The van der Waals surface area contributed by atoms with Crippen molar-refractivity contribution in [1.29, 1.82) is 0 Å². The third-order valence-corrected chi connectivity index (χ3v) is 1.10. The van der Waals surface area contributed by atoms with E-state index in [2.05, 4.69) is 11.9 Å². The molecule has 0 fully saturated rings. The lowest BCUT2D eigenvalue weighted by Gasteiger charge is -1.92. The average Bonchev–Trinajstić information content (AvgIpc) is 1.85. The summed E-state index contributed by atoms with van der Waals surface area (Å²) in [4.78, 5) is 4.14. The maximum absolute atomic E-state index is 5.39. The zero-order chi connectivity index (χ0) is 7.98. The molecule has 10 heavy (non-hydrogen) atoms. The molecule has 0 unspecified atom stereocenters. The molecule has 0 amide bonds. The Hall–Kier alpha value is -0.790. The molecule has 2 N–H and O–H groups in total. The van der Waals surface area contributed by atoms with Crippen LogP contribution in [-0.2, 0) is 0 Å². The van der Waals surface area contributed by atoms with E-state index in [-0.39, 0.29) is 0 Å². The second-order valence-electron chi connectivity index (χ2n) is 2.49. The number of nitrogens with zero attached hydrogens (tertiary/aromatic N) is 1. The Morgan fingerprint density at radius 2 is 2.10 bits per heavy atom. The number of hydrogen-bond donors (Lipinski definition) is 1. The number of hydrogen-bond acceptors (Lipinski definition) is 2. The van der Waals surface area contributed by atoms with Crippen molar-refractivity contribution in [3.05, 3.63) is 11.9 Å². The van der Waals surface area contributed by atoms with Gasteiger partial charge >= 0.3 is 0 Å². The van der Waals surface area contributed by atoms with Gasteiger partial charge in [0, 0.05) is 17.6 Å². The highest BCUT2D eigenvalue weighted by Gasteiger charge is 1.84. The molecular weight excluding hydrogens is 124 g/mol. The number of allylic oxidation sites excluding steroid dienone is 1. The topological polar surface area (TPSA) is 38.4 Å². The van der Waals surface area contributed by atoms with Crippen molar-refractivity contribution >= 4 is 5.71 Å². The molecule has 0 aromatic carbocycles. The molecule has 0 bridgehead atoms. The van der Waals surface area contributed by atoms with Crippen molar-refractivity contribution in [1.82, 2.24) is 0 Å². The fourth-order valence-electron chi connectivity index (χ4n) is 0.638. The van der Waals surface area contributed by atoms with Gasteiger partial charge in [-0.3, -0.25) is 4.99 Å². The first-order valence-corrected chi connectivity index (χ1v) is 3.62. The van der Waals surface area contributed by atoms with Gasteiger partial charge in [0.2, 0.25) is 0 Å². The Labute approximate surface area is 62.8 Å². The summed E-state index contributed by atoms with van der Waals surface area (Å²) in [5.41, 5.74) is 7.30. The SMILES string of the molecule is CCCC(C)=N/C=C(\C)N. The molecular formula is C8H16N2. The van der Waals surface area contributed by atoms with E-state index in [1.165, 1.54) is 0 Å². The smallest absolute Gasteiger partial charge is 0.0451 e. The standard InChI is InChI=1S/C8H16N2/c1-4-5-8(3)10-6-7(2)9/h6H,4-5,9H2,1-3H3/b7-6+,10-8?. The number of nitrogens with two attached hydrogens (primary N) is 1. The normalized spacial score (nSPS) is 13.9. The van der Waals surface area contributed by atoms with Gasteiger partial charge in [0.25, 0.3) is 0 Å². The van der Waals surface area contributed by atoms with E-state index >= 15 is 0 Å². The van der Waals surface area contributed by atoms with Gasteiger partial charge in [-0.1, -0.05) is 13.3 Å². The van der Waals surface area contributed by atoms with Gasteiger partial charge in [-0.15, -0.1) is 0 Å². The summed E-state index contributed by atoms with van der Waals surface area (Å²) in [5.74, 6) is 0. The van der Waals surface area contributed by atoms with Crippen LogP contribution in [0.5, 0.6) is 0 Å². The van der Waals surface area contributed by atoms with E-state index in [0.29, 0.717) is 0 Å². The summed E-state index contributed by atoms with van der Waals surface area (Å²) in [7, 11) is 0. The average molecular weight is 140 g/mol. The largest absolute Gasteiger partial charge is 0.401 e. The summed E-state index contributed by atoms with van der Waals surface area (Å²) in [5, 5.41) is 0. The van der Waals surface area contributed by atoms with Crippen molar-refractivity contribution in [3.63, 3.8) is 0 Å². The van der Waals surface area contributed by atoms with E-state index in [1.54, 1.807) is 6.20 Å². The third kappa shape index (κ3) is 5.35. The Balaban J connectivity index is 3.79. The fourth-order valence-corrected chi connectivity index (χ4v) is 0.638. The van der Waals surface area contributed by atoms with Crippen LogP contribution in [0.1, 0.15) is 33.6 Å². The maximum atomic E-state index is 5.39. The molecule has 0 aromatic heterocycles. The van der Waals surface area contributed by atoms with Gasteiger partial charge in [-0.2, -0.15) is 0 Å². The van der Waals surface area contributed by atoms with Crippen molar-refractivity contribution in [2.45, 2.75) is 33.6 Å². The van der Waals surface area contributed by atoms with Crippen LogP contribution in [0.4, 0.5) is 0 Å². The molecule has 2 heteroatoms. The van der Waals surface area contributed by atoms with Crippen molar-refractivity contribution in [3.8, 4) is 0 Å². The van der Waals surface area contributed by atoms with E-state index in [9.17, 15) is 0 Å². The van der Waals surface area contributed by atoms with Gasteiger partial charge in [0.05, 0.1) is 0 Å². The Kier molecular flexibility index (Phi) is 4.63. The molecule has 58 valence electrons. The quantitative estimate of drug-likeness (QED) is 0.599. The Morgan fingerprint density at radius 1 is 1.50 bits per heavy atom. The minimum absolute atomic E-state index is 0.760. The summed E-state index contributed by atoms with van der Waals surface area (Å²) < 4.78 is 0. The lowest BCUT2D eigenvalue weighted by molar-refractivity contribution is 0.986. The van der Waals surface area contributed by atoms with Crippen molar-refractivity contribution in [2.24, 2.45) is 10.7 Å². The first-order valence-electron chi connectivity index (χ1n) is 3.62. The van der Waals surface area contributed by atoms with Crippen LogP contribution in [0.3, 0.4) is 0 Å². The lowest BCUT2D eigenvalue weighted by Crippen LogP contribution is -1.92. The predicted octanol–water partition coefficient (Wildman–Crippen LogP) is 2.07. The van der Waals surface area contributed by atoms with Crippen LogP contribution in [-0.4, -0.2) is 5.71 Å². The molecule has 0 aromatic rings. The molecule has 0 heterocycles. The molecule has 0 aliphatic heterocycles. The van der Waals surface area contributed by atoms with Crippen LogP contribution in [0, 0.1) is 0 Å². The highest BCUT2D eigenvalue weighted by molar-refractivity contribution is 5.82. The second-order valence-corrected chi connectivity index (χ2v) is 2.49. The summed E-state index contributed by atoms with van der Waals surface area (Å²) in [6, 6.07) is 0. The minimum atomic E-state index is 0.760. The molecule has 0 saturated carbocycles. The van der Waals surface area contributed by atoms with Gasteiger partial charge in [-0.05, 0) is 20.3 Å². The van der Waals surface area contributed by atoms with Crippen molar-refractivity contribution in [2.75, 3.05) is 0 Å². The first-order chi connectivity index (χ1) is 4.66. The maximum Gasteiger partial charge on any atom is 0.0451 e. The molecule has 0 aliphatic rings. The molecule has 0 radical (unpaired) electrons. The molecule has 2 nitrogen and oxygen atoms in total. The second kappa shape index (κ2) is 5.03. The zero-order valence-electron chi connectivity index (χ0n) is 7.02. The van der Waals surface area contributed by atoms with E-state index in [4.69, 9.17) is 5.73 Å². The fraction of sp³-hybridized carbons (Fsp3) is 0.625.